The monoisotopic (exact) mass is 253 g/mol. The normalized spacial score (nSPS) is 24.2. The Labute approximate surface area is 106 Å². The predicted molar refractivity (Wildman–Crippen MR) is 70.9 cm³/mol. The van der Waals surface area contributed by atoms with Crippen molar-refractivity contribution in [3.8, 4) is 0 Å². The third-order valence-electron chi connectivity index (χ3n) is 3.19. The molecule has 2 unspecified atom stereocenters. The number of carbonyl (C=O) groups is 1. The molecule has 1 aromatic heterocycles. The lowest BCUT2D eigenvalue weighted by Crippen LogP contribution is -2.16. The first-order chi connectivity index (χ1) is 8.08. The average Bonchev–Trinajstić information content (AvgIpc) is 2.81. The highest BCUT2D eigenvalue weighted by Crippen LogP contribution is 2.27. The number of nitrogens with one attached hydrogen (secondary N) is 1. The fourth-order valence-electron chi connectivity index (χ4n) is 2.20. The predicted octanol–water partition coefficient (Wildman–Crippen LogP) is 2.72. The summed E-state index contributed by atoms with van der Waals surface area (Å²) in [6.07, 6.45) is 1.34. The molecule has 1 saturated heterocycles. The maximum absolute atomic E-state index is 12.1. The van der Waals surface area contributed by atoms with E-state index in [0.29, 0.717) is 11.0 Å². The van der Waals surface area contributed by atoms with E-state index in [1.54, 1.807) is 11.8 Å². The molecule has 17 heavy (non-hydrogen) atoms. The molecule has 1 fully saturated rings. The van der Waals surface area contributed by atoms with E-state index in [-0.39, 0.29) is 11.9 Å². The fourth-order valence-corrected chi connectivity index (χ4v) is 3.34. The molecule has 0 amide bonds. The summed E-state index contributed by atoms with van der Waals surface area (Å²) in [4.78, 5) is 15.2. The van der Waals surface area contributed by atoms with Crippen LogP contribution in [0.15, 0.2) is 6.07 Å². The lowest BCUT2D eigenvalue weighted by Gasteiger charge is -2.12. The number of aromatic nitrogens is 1. The molecule has 0 radical (unpaired) electrons. The van der Waals surface area contributed by atoms with Crippen LogP contribution >= 0.6 is 11.8 Å². The smallest absolute Gasteiger partial charge is 0.174 e. The summed E-state index contributed by atoms with van der Waals surface area (Å²) < 4.78 is 5.49. The van der Waals surface area contributed by atoms with Crippen LogP contribution in [-0.4, -0.2) is 34.5 Å². The van der Waals surface area contributed by atoms with Gasteiger partial charge in [-0.1, -0.05) is 0 Å². The Hall–Kier alpha value is -0.740. The summed E-state index contributed by atoms with van der Waals surface area (Å²) in [6.45, 7) is 6.84. The molecule has 1 N–H and O–H groups in total. The van der Waals surface area contributed by atoms with Crippen molar-refractivity contribution < 1.29 is 9.53 Å². The van der Waals surface area contributed by atoms with Gasteiger partial charge in [0.05, 0.1) is 11.9 Å². The first kappa shape index (κ1) is 12.7. The number of thioether (sulfide) groups is 1. The van der Waals surface area contributed by atoms with E-state index >= 15 is 0 Å². The highest BCUT2D eigenvalue weighted by Gasteiger charge is 2.25. The van der Waals surface area contributed by atoms with Crippen LogP contribution < -0.4 is 0 Å². The Morgan fingerprint density at radius 2 is 2.35 bits per heavy atom. The first-order valence-electron chi connectivity index (χ1n) is 6.00. The number of hydrogen-bond acceptors (Lipinski definition) is 3. The van der Waals surface area contributed by atoms with Gasteiger partial charge in [-0.15, -0.1) is 11.8 Å². The van der Waals surface area contributed by atoms with Crippen molar-refractivity contribution in [3.05, 3.63) is 23.0 Å². The van der Waals surface area contributed by atoms with E-state index in [9.17, 15) is 4.79 Å². The Kier molecular flexibility index (Phi) is 3.94. The molecule has 0 spiro atoms. The highest BCUT2D eigenvalue weighted by molar-refractivity contribution is 8.00. The van der Waals surface area contributed by atoms with Gasteiger partial charge in [-0.3, -0.25) is 4.79 Å². The minimum Gasteiger partial charge on any atom is -0.377 e. The minimum absolute atomic E-state index is 0.218. The third-order valence-corrected chi connectivity index (χ3v) is 4.66. The van der Waals surface area contributed by atoms with E-state index < -0.39 is 0 Å². The topological polar surface area (TPSA) is 42.1 Å². The number of rotatable bonds is 4. The number of aromatic amines is 1. The van der Waals surface area contributed by atoms with Gasteiger partial charge in [0.2, 0.25) is 0 Å². The molecule has 2 heterocycles. The van der Waals surface area contributed by atoms with Gasteiger partial charge in [0, 0.05) is 28.8 Å². The van der Waals surface area contributed by atoms with E-state index in [2.05, 4.69) is 11.9 Å². The van der Waals surface area contributed by atoms with Gasteiger partial charge in [0.15, 0.2) is 5.78 Å². The largest absolute Gasteiger partial charge is 0.377 e. The van der Waals surface area contributed by atoms with E-state index in [0.717, 1.165) is 30.0 Å². The first-order valence-corrected chi connectivity index (χ1v) is 7.05. The van der Waals surface area contributed by atoms with Crippen LogP contribution in [0.25, 0.3) is 0 Å². The summed E-state index contributed by atoms with van der Waals surface area (Å²) in [5.41, 5.74) is 2.86. The van der Waals surface area contributed by atoms with Crippen LogP contribution in [0.2, 0.25) is 0 Å². The molecule has 0 saturated carbocycles. The highest BCUT2D eigenvalue weighted by atomic mass is 32.2. The van der Waals surface area contributed by atoms with Crippen LogP contribution in [0.1, 0.15) is 35.1 Å². The second-order valence-corrected chi connectivity index (χ2v) is 5.86. The number of ketones is 1. The van der Waals surface area contributed by atoms with Gasteiger partial charge < -0.3 is 9.72 Å². The van der Waals surface area contributed by atoms with Crippen molar-refractivity contribution in [2.45, 2.75) is 38.5 Å². The Balaban J connectivity index is 1.91. The number of carbonyl (C=O) groups excluding carboxylic acids is 1. The van der Waals surface area contributed by atoms with Crippen molar-refractivity contribution in [1.29, 1.82) is 0 Å². The van der Waals surface area contributed by atoms with Crippen molar-refractivity contribution in [1.82, 2.24) is 4.98 Å². The Morgan fingerprint density at radius 3 is 2.88 bits per heavy atom. The molecule has 1 aliphatic rings. The van der Waals surface area contributed by atoms with Crippen LogP contribution in [0.4, 0.5) is 0 Å². The summed E-state index contributed by atoms with van der Waals surface area (Å²) in [6, 6.07) is 1.94. The van der Waals surface area contributed by atoms with Crippen molar-refractivity contribution in [3.63, 3.8) is 0 Å². The van der Waals surface area contributed by atoms with E-state index in [1.165, 1.54) is 0 Å². The minimum atomic E-state index is 0.218. The molecule has 94 valence electrons. The standard InChI is InChI=1S/C13H19NO2S/c1-8-6-11(9(2)14-8)12(15)7-17-13-4-5-16-10(13)3/h6,10,13-14H,4-5,7H2,1-3H3. The van der Waals surface area contributed by atoms with E-state index in [4.69, 9.17) is 4.74 Å². The molecular weight excluding hydrogens is 234 g/mol. The van der Waals surface area contributed by atoms with Gasteiger partial charge in [-0.2, -0.15) is 0 Å². The molecule has 2 atom stereocenters. The van der Waals surface area contributed by atoms with Crippen LogP contribution in [0, 0.1) is 13.8 Å². The molecule has 1 aliphatic heterocycles. The summed E-state index contributed by atoms with van der Waals surface area (Å²) in [5, 5.41) is 0.472. The number of hydrogen-bond donors (Lipinski definition) is 1. The zero-order valence-electron chi connectivity index (χ0n) is 10.6. The van der Waals surface area contributed by atoms with Gasteiger partial charge in [-0.05, 0) is 33.3 Å². The molecule has 0 aliphatic carbocycles. The third kappa shape index (κ3) is 2.93. The van der Waals surface area contributed by atoms with Gasteiger partial charge in [0.25, 0.3) is 0 Å². The number of H-pyrrole nitrogens is 1. The molecule has 4 heteroatoms. The summed E-state index contributed by atoms with van der Waals surface area (Å²) in [7, 11) is 0. The maximum atomic E-state index is 12.1. The van der Waals surface area contributed by atoms with Gasteiger partial charge >= 0.3 is 0 Å². The maximum Gasteiger partial charge on any atom is 0.174 e. The fraction of sp³-hybridized carbons (Fsp3) is 0.615. The summed E-state index contributed by atoms with van der Waals surface area (Å²) >= 11 is 1.72. The number of Topliss-reactive ketones (excluding diaryl/α,β-unsaturated/α-hetero) is 1. The molecular formula is C13H19NO2S. The molecule has 3 nitrogen and oxygen atoms in total. The zero-order valence-corrected chi connectivity index (χ0v) is 11.4. The molecule has 0 bridgehead atoms. The number of aryl methyl sites for hydroxylation is 2. The van der Waals surface area contributed by atoms with Crippen LogP contribution in [-0.2, 0) is 4.74 Å². The SMILES string of the molecule is Cc1cc(C(=O)CSC2CCOC2C)c(C)[nH]1. The molecule has 0 aromatic carbocycles. The molecule has 1 aromatic rings. The molecule has 2 rings (SSSR count). The Morgan fingerprint density at radius 1 is 1.59 bits per heavy atom. The lowest BCUT2D eigenvalue weighted by molar-refractivity contribution is 0.102. The second kappa shape index (κ2) is 5.27. The quantitative estimate of drug-likeness (QED) is 0.839. The van der Waals surface area contributed by atoms with Crippen molar-refractivity contribution in [2.24, 2.45) is 0 Å². The average molecular weight is 253 g/mol. The number of ether oxygens (including phenoxy) is 1. The summed E-state index contributed by atoms with van der Waals surface area (Å²) in [5.74, 6) is 0.771. The zero-order chi connectivity index (χ0) is 12.4. The van der Waals surface area contributed by atoms with Gasteiger partial charge in [0.1, 0.15) is 0 Å². The van der Waals surface area contributed by atoms with Crippen molar-refractivity contribution in [2.75, 3.05) is 12.4 Å². The van der Waals surface area contributed by atoms with Crippen molar-refractivity contribution >= 4 is 17.5 Å². The van der Waals surface area contributed by atoms with Gasteiger partial charge in [-0.25, -0.2) is 0 Å². The second-order valence-electron chi connectivity index (χ2n) is 4.63. The van der Waals surface area contributed by atoms with Crippen LogP contribution in [0.5, 0.6) is 0 Å². The van der Waals surface area contributed by atoms with Crippen LogP contribution in [0.3, 0.4) is 0 Å². The van der Waals surface area contributed by atoms with E-state index in [1.807, 2.05) is 19.9 Å². The lowest BCUT2D eigenvalue weighted by atomic mass is 10.2. The Bertz CT molecular complexity index is 414.